The summed E-state index contributed by atoms with van der Waals surface area (Å²) in [4.78, 5) is 79.3. The van der Waals surface area contributed by atoms with Crippen molar-refractivity contribution >= 4 is 127 Å². The number of nitrogens with one attached hydrogen (secondary N) is 4. The normalized spacial score (nSPS) is 13.4. The van der Waals surface area contributed by atoms with Gasteiger partial charge in [0.15, 0.2) is 11.6 Å². The maximum Gasteiger partial charge on any atom is 0.258 e. The Labute approximate surface area is 435 Å². The summed E-state index contributed by atoms with van der Waals surface area (Å²) in [6, 6.07) is 19.8. The highest BCUT2D eigenvalue weighted by Crippen LogP contribution is 2.34. The summed E-state index contributed by atoms with van der Waals surface area (Å²) in [5, 5.41) is 25.7. The molecule has 0 aromatic heterocycles. The van der Waals surface area contributed by atoms with Gasteiger partial charge in [0.2, 0.25) is 12.1 Å². The number of hydrogen-bond acceptors (Lipinski definition) is 12. The van der Waals surface area contributed by atoms with Crippen LogP contribution in [0.4, 0.5) is 34.1 Å². The van der Waals surface area contributed by atoms with Crippen LogP contribution in [0.3, 0.4) is 0 Å². The predicted molar refractivity (Wildman–Crippen MR) is 279 cm³/mol. The minimum Gasteiger partial charge on any atom is -0.494 e. The Kier molecular flexibility index (Phi) is 20.0. The Morgan fingerprint density at radius 2 is 0.958 bits per heavy atom. The maximum atomic E-state index is 13.6. The molecular formula is C50H49Cl5N8O8. The molecule has 0 aliphatic carbocycles. The van der Waals surface area contributed by atoms with Gasteiger partial charge in [-0.25, -0.2) is 0 Å². The van der Waals surface area contributed by atoms with Gasteiger partial charge in [-0.3, -0.25) is 28.8 Å². The second kappa shape index (κ2) is 25.6. The van der Waals surface area contributed by atoms with E-state index in [2.05, 4.69) is 41.7 Å². The molecular weight excluding hydrogens is 1020 g/mol. The lowest BCUT2D eigenvalue weighted by atomic mass is 10.1. The number of alkyl halides is 3. The molecule has 0 aliphatic rings. The van der Waals surface area contributed by atoms with Gasteiger partial charge in [-0.15, -0.1) is 34.8 Å². The number of benzene rings is 5. The number of rotatable bonds is 21. The molecule has 5 unspecified atom stereocenters. The van der Waals surface area contributed by atoms with Gasteiger partial charge < -0.3 is 30.7 Å². The van der Waals surface area contributed by atoms with Gasteiger partial charge in [0, 0.05) is 46.0 Å². The lowest BCUT2D eigenvalue weighted by molar-refractivity contribution is -0.127. The van der Waals surface area contributed by atoms with E-state index in [9.17, 15) is 28.8 Å². The quantitative estimate of drug-likeness (QED) is 0.0314. The molecule has 372 valence electrons. The van der Waals surface area contributed by atoms with Crippen LogP contribution in [0.2, 0.25) is 10.0 Å². The van der Waals surface area contributed by atoms with E-state index in [-0.39, 0.29) is 54.7 Å². The van der Waals surface area contributed by atoms with Crippen molar-refractivity contribution in [2.24, 2.45) is 20.5 Å². The van der Waals surface area contributed by atoms with Crippen molar-refractivity contribution in [3.63, 3.8) is 0 Å². The van der Waals surface area contributed by atoms with Crippen LogP contribution in [-0.2, 0) is 19.2 Å². The first-order valence-corrected chi connectivity index (χ1v) is 24.0. The number of anilines is 4. The highest BCUT2D eigenvalue weighted by atomic mass is 35.5. The molecule has 0 radical (unpaired) electrons. The van der Waals surface area contributed by atoms with Crippen molar-refractivity contribution in [3.05, 3.63) is 129 Å². The lowest BCUT2D eigenvalue weighted by Crippen LogP contribution is -2.32. The Hall–Kier alpha value is -6.43. The van der Waals surface area contributed by atoms with Crippen LogP contribution in [0.15, 0.2) is 111 Å². The molecule has 16 nitrogen and oxygen atoms in total. The summed E-state index contributed by atoms with van der Waals surface area (Å²) in [5.41, 5.74) is 3.31. The molecule has 0 bridgehead atoms. The maximum absolute atomic E-state index is 13.6. The summed E-state index contributed by atoms with van der Waals surface area (Å²) in [6.45, 7) is 12.0. The first-order chi connectivity index (χ1) is 33.7. The molecule has 0 spiro atoms. The number of hydrogen-bond donors (Lipinski definition) is 4. The SMILES string of the molecule is CCOc1cc(NC(=O)c2ccc(Cl)c(N=NC(C(C)=O)C(=O)Nc3ccc(NC(=O)C(N=Nc4cc(C(=O)Nc5cc(OCC)cc(C(C)Cl)c5)ccc4Cl)C(C)=O)c(C(C)Cl)c3)c2)cc(C(C)Cl)c1. The minimum atomic E-state index is -1.66. The Balaban J connectivity index is 1.29. The van der Waals surface area contributed by atoms with Crippen LogP contribution in [0, 0.1) is 0 Å². The highest BCUT2D eigenvalue weighted by molar-refractivity contribution is 6.33. The van der Waals surface area contributed by atoms with Crippen molar-refractivity contribution < 1.29 is 38.2 Å². The second-order valence-electron chi connectivity index (χ2n) is 15.8. The highest BCUT2D eigenvalue weighted by Gasteiger charge is 2.27. The summed E-state index contributed by atoms with van der Waals surface area (Å²) in [6.07, 6.45) is 0. The van der Waals surface area contributed by atoms with Gasteiger partial charge in [-0.2, -0.15) is 20.5 Å². The van der Waals surface area contributed by atoms with E-state index in [1.54, 1.807) is 57.2 Å². The smallest absolute Gasteiger partial charge is 0.258 e. The number of azo groups is 2. The number of carbonyl (C=O) groups is 6. The topological polar surface area (TPSA) is 218 Å². The van der Waals surface area contributed by atoms with Gasteiger partial charge in [0.25, 0.3) is 23.6 Å². The fourth-order valence-electron chi connectivity index (χ4n) is 6.59. The average Bonchev–Trinajstić information content (AvgIpc) is 3.30. The molecule has 71 heavy (non-hydrogen) atoms. The Morgan fingerprint density at radius 3 is 1.35 bits per heavy atom. The van der Waals surface area contributed by atoms with E-state index in [0.29, 0.717) is 41.7 Å². The number of Topliss-reactive ketones (excluding diaryl/α,β-unsaturated/α-hetero) is 2. The van der Waals surface area contributed by atoms with Crippen molar-refractivity contribution in [2.45, 2.75) is 76.7 Å². The van der Waals surface area contributed by atoms with Crippen molar-refractivity contribution in [2.75, 3.05) is 34.5 Å². The molecule has 0 fully saturated rings. The summed E-state index contributed by atoms with van der Waals surface area (Å²) < 4.78 is 11.2. The molecule has 0 saturated carbocycles. The Bertz CT molecular complexity index is 2890. The van der Waals surface area contributed by atoms with Crippen LogP contribution in [0.5, 0.6) is 11.5 Å². The van der Waals surface area contributed by atoms with Crippen LogP contribution in [0.25, 0.3) is 0 Å². The van der Waals surface area contributed by atoms with E-state index >= 15 is 0 Å². The van der Waals surface area contributed by atoms with Crippen LogP contribution >= 0.6 is 58.0 Å². The summed E-state index contributed by atoms with van der Waals surface area (Å²) in [7, 11) is 0. The number of amides is 4. The Morgan fingerprint density at radius 1 is 0.521 bits per heavy atom. The van der Waals surface area contributed by atoms with E-state index in [1.807, 2.05) is 13.8 Å². The number of nitrogens with zero attached hydrogens (tertiary/aromatic N) is 4. The number of ether oxygens (including phenoxy) is 2. The monoisotopic (exact) mass is 1060 g/mol. The van der Waals surface area contributed by atoms with E-state index < -0.39 is 52.7 Å². The molecule has 4 N–H and O–H groups in total. The number of halogens is 5. The first-order valence-electron chi connectivity index (χ1n) is 22.0. The van der Waals surface area contributed by atoms with Gasteiger partial charge in [-0.1, -0.05) is 23.2 Å². The van der Waals surface area contributed by atoms with Crippen LogP contribution in [-0.4, -0.2) is 60.5 Å². The molecule has 0 heterocycles. The zero-order valence-electron chi connectivity index (χ0n) is 39.4. The van der Waals surface area contributed by atoms with Crippen molar-refractivity contribution in [3.8, 4) is 11.5 Å². The molecule has 5 atom stereocenters. The van der Waals surface area contributed by atoms with E-state index in [1.165, 1.54) is 54.6 Å². The number of carbonyl (C=O) groups excluding carboxylic acids is 6. The number of ketones is 2. The lowest BCUT2D eigenvalue weighted by Gasteiger charge is -2.17. The molecule has 0 aliphatic heterocycles. The van der Waals surface area contributed by atoms with E-state index in [0.717, 1.165) is 25.0 Å². The molecule has 5 rings (SSSR count). The van der Waals surface area contributed by atoms with Gasteiger partial charge in [0.1, 0.15) is 22.9 Å². The summed E-state index contributed by atoms with van der Waals surface area (Å²) in [5.74, 6) is -3.05. The third kappa shape index (κ3) is 15.5. The largest absolute Gasteiger partial charge is 0.494 e. The first kappa shape index (κ1) is 55.5. The van der Waals surface area contributed by atoms with Gasteiger partial charge in [-0.05, 0) is 144 Å². The van der Waals surface area contributed by atoms with Crippen molar-refractivity contribution in [1.82, 2.24) is 0 Å². The third-order valence-corrected chi connectivity index (χ3v) is 11.5. The summed E-state index contributed by atoms with van der Waals surface area (Å²) >= 11 is 31.9. The zero-order chi connectivity index (χ0) is 52.1. The zero-order valence-corrected chi connectivity index (χ0v) is 43.2. The van der Waals surface area contributed by atoms with Crippen LogP contribution < -0.4 is 30.7 Å². The molecule has 0 saturated heterocycles. The fraction of sp³-hybridized carbons (Fsp3) is 0.280. The fourth-order valence-corrected chi connectivity index (χ4v) is 7.33. The molecule has 5 aromatic carbocycles. The molecule has 4 amide bonds. The van der Waals surface area contributed by atoms with Gasteiger partial charge >= 0.3 is 0 Å². The van der Waals surface area contributed by atoms with Crippen LogP contribution in [0.1, 0.15) is 102 Å². The standard InChI is InChI=1S/C50H49Cl5N8O8/c1-8-70-37-18-32(25(3)51)16-35(22-37)57-47(66)30-10-13-40(54)43(20-30)60-62-45(28(6)64)49(68)56-34-12-15-42(39(24-34)27(5)53)59-50(69)46(29(7)65)63-61-44-21-31(11-14-41(44)55)48(67)58-36-17-33(26(4)52)19-38(23-36)71-9-2/h10-27,45-46H,8-9H2,1-7H3,(H,56,68)(H,57,66)(H,58,67)(H,59,69). The molecule has 5 aromatic rings. The van der Waals surface area contributed by atoms with E-state index in [4.69, 9.17) is 67.5 Å². The van der Waals surface area contributed by atoms with Gasteiger partial charge in [0.05, 0.1) is 39.4 Å². The third-order valence-electron chi connectivity index (χ3n) is 10.2. The minimum absolute atomic E-state index is 0.00595. The van der Waals surface area contributed by atoms with Crippen molar-refractivity contribution in [1.29, 1.82) is 0 Å². The predicted octanol–water partition coefficient (Wildman–Crippen LogP) is 13.6. The molecule has 21 heteroatoms. The second-order valence-corrected chi connectivity index (χ2v) is 18.6. The average molecular weight is 1070 g/mol.